The van der Waals surface area contributed by atoms with Crippen LogP contribution in [0, 0.1) is 0 Å². The van der Waals surface area contributed by atoms with E-state index in [0.29, 0.717) is 5.56 Å². The predicted octanol–water partition coefficient (Wildman–Crippen LogP) is 2.57. The molecule has 1 unspecified atom stereocenters. The molecule has 2 N–H and O–H groups in total. The number of ketones is 1. The van der Waals surface area contributed by atoms with Crippen molar-refractivity contribution in [2.24, 2.45) is 0 Å². The first kappa shape index (κ1) is 20.8. The van der Waals surface area contributed by atoms with Gasteiger partial charge in [-0.1, -0.05) is 30.0 Å². The van der Waals surface area contributed by atoms with Gasteiger partial charge in [-0.15, -0.1) is 0 Å². The number of rotatable bonds is 7. The normalized spacial score (nSPS) is 11.9. The van der Waals surface area contributed by atoms with Crippen molar-refractivity contribution in [3.8, 4) is 5.75 Å². The van der Waals surface area contributed by atoms with Crippen molar-refractivity contribution < 1.29 is 34.1 Å². The first-order chi connectivity index (χ1) is 14.2. The average molecular weight is 409 g/mol. The van der Waals surface area contributed by atoms with Gasteiger partial charge in [0.15, 0.2) is 0 Å². The van der Waals surface area contributed by atoms with Crippen molar-refractivity contribution in [2.45, 2.75) is 25.7 Å². The highest BCUT2D eigenvalue weighted by Crippen LogP contribution is 2.33. The maximum Gasteiger partial charge on any atom is 0.339 e. The second-order valence-corrected chi connectivity index (χ2v) is 6.93. The minimum absolute atomic E-state index is 0.0158. The van der Waals surface area contributed by atoms with E-state index in [9.17, 15) is 29.4 Å². The van der Waals surface area contributed by atoms with Gasteiger partial charge in [0.05, 0.1) is 11.1 Å². The number of hydrogen-bond acceptors (Lipinski definition) is 6. The van der Waals surface area contributed by atoms with Gasteiger partial charge in [-0.25, -0.2) is 14.4 Å². The molecule has 0 amide bonds. The molecule has 1 aromatic heterocycles. The minimum atomic E-state index is -1.42. The lowest BCUT2D eigenvalue weighted by atomic mass is 9.87. The van der Waals surface area contributed by atoms with E-state index < -0.39 is 34.8 Å². The average Bonchev–Trinajstić information content (AvgIpc) is 2.67. The van der Waals surface area contributed by atoms with Crippen molar-refractivity contribution >= 4 is 28.7 Å². The van der Waals surface area contributed by atoms with E-state index in [1.807, 2.05) is 0 Å². The molecule has 154 valence electrons. The molecule has 1 atom stereocenters. The fourth-order valence-electron chi connectivity index (χ4n) is 3.48. The number of aromatic carboxylic acids is 2. The molecular formula is C22H17O8-. The zero-order valence-corrected chi connectivity index (χ0v) is 15.9. The fourth-order valence-corrected chi connectivity index (χ4v) is 3.48. The number of carbonyl (C=O) groups excluding carboxylic acids is 1. The second kappa shape index (κ2) is 8.20. The van der Waals surface area contributed by atoms with E-state index >= 15 is 0 Å². The van der Waals surface area contributed by atoms with Crippen molar-refractivity contribution in [3.63, 3.8) is 0 Å². The van der Waals surface area contributed by atoms with Crippen molar-refractivity contribution in [1.82, 2.24) is 0 Å². The number of carbonyl (C=O) groups is 3. The Balaban J connectivity index is 2.11. The molecular weight excluding hydrogens is 392 g/mol. The largest absolute Gasteiger partial charge is 0.872 e. The van der Waals surface area contributed by atoms with Gasteiger partial charge < -0.3 is 24.5 Å². The van der Waals surface area contributed by atoms with Crippen LogP contribution in [0.2, 0.25) is 0 Å². The summed E-state index contributed by atoms with van der Waals surface area (Å²) >= 11 is 0. The van der Waals surface area contributed by atoms with Gasteiger partial charge in [-0.3, -0.25) is 0 Å². The van der Waals surface area contributed by atoms with Crippen LogP contribution in [-0.4, -0.2) is 27.9 Å². The van der Waals surface area contributed by atoms with Gasteiger partial charge in [0, 0.05) is 23.3 Å². The number of para-hydroxylation sites is 1. The Morgan fingerprint density at radius 1 is 1.03 bits per heavy atom. The first-order valence-electron chi connectivity index (χ1n) is 9.00. The molecule has 0 bridgehead atoms. The third kappa shape index (κ3) is 4.07. The third-order valence-corrected chi connectivity index (χ3v) is 4.77. The van der Waals surface area contributed by atoms with Crippen LogP contribution >= 0.6 is 0 Å². The smallest absolute Gasteiger partial charge is 0.339 e. The number of benzene rings is 2. The van der Waals surface area contributed by atoms with Crippen molar-refractivity contribution in [2.75, 3.05) is 0 Å². The van der Waals surface area contributed by atoms with Crippen molar-refractivity contribution in [3.05, 3.63) is 75.1 Å². The summed E-state index contributed by atoms with van der Waals surface area (Å²) in [6, 6.07) is 9.96. The van der Waals surface area contributed by atoms with E-state index in [4.69, 9.17) is 9.52 Å². The van der Waals surface area contributed by atoms with Crippen LogP contribution in [0.25, 0.3) is 11.0 Å². The Labute approximate surface area is 170 Å². The Morgan fingerprint density at radius 3 is 2.33 bits per heavy atom. The molecule has 0 spiro atoms. The van der Waals surface area contributed by atoms with Crippen LogP contribution < -0.4 is 10.7 Å². The molecule has 0 aliphatic rings. The molecule has 8 heteroatoms. The maximum absolute atomic E-state index is 12.9. The van der Waals surface area contributed by atoms with Crippen LogP contribution in [0.3, 0.4) is 0 Å². The highest BCUT2D eigenvalue weighted by atomic mass is 16.4. The molecule has 0 aliphatic heterocycles. The lowest BCUT2D eigenvalue weighted by Crippen LogP contribution is -2.20. The van der Waals surface area contributed by atoms with Gasteiger partial charge >= 0.3 is 17.6 Å². The van der Waals surface area contributed by atoms with Gasteiger partial charge in [-0.05, 0) is 37.1 Å². The summed E-state index contributed by atoms with van der Waals surface area (Å²) in [5.74, 6) is -4.49. The zero-order valence-electron chi connectivity index (χ0n) is 15.9. The van der Waals surface area contributed by atoms with Crippen molar-refractivity contribution in [1.29, 1.82) is 0 Å². The highest BCUT2D eigenvalue weighted by molar-refractivity contribution is 6.01. The molecule has 0 radical (unpaired) electrons. The SMILES string of the molecule is CC(=O)CC(Cc1ccc(C(=O)O)c(C(=O)O)c1)c1c([O-])c2ccccc2oc1=O. The monoisotopic (exact) mass is 409 g/mol. The Morgan fingerprint density at radius 2 is 1.70 bits per heavy atom. The Bertz CT molecular complexity index is 1220. The zero-order chi connectivity index (χ0) is 22.0. The van der Waals surface area contributed by atoms with Crippen LogP contribution in [0.15, 0.2) is 51.7 Å². The summed E-state index contributed by atoms with van der Waals surface area (Å²) in [6.45, 7) is 1.32. The second-order valence-electron chi connectivity index (χ2n) is 6.93. The molecule has 30 heavy (non-hydrogen) atoms. The van der Waals surface area contributed by atoms with Crippen LogP contribution in [-0.2, 0) is 11.2 Å². The van der Waals surface area contributed by atoms with Gasteiger partial charge in [0.2, 0.25) is 0 Å². The molecule has 0 fully saturated rings. The van der Waals surface area contributed by atoms with Crippen LogP contribution in [0.4, 0.5) is 0 Å². The molecule has 2 aromatic carbocycles. The first-order valence-corrected chi connectivity index (χ1v) is 9.00. The molecule has 3 rings (SSSR count). The highest BCUT2D eigenvalue weighted by Gasteiger charge is 2.23. The Hall–Kier alpha value is -3.94. The summed E-state index contributed by atoms with van der Waals surface area (Å²) < 4.78 is 5.25. The lowest BCUT2D eigenvalue weighted by Gasteiger charge is -2.22. The minimum Gasteiger partial charge on any atom is -0.872 e. The number of fused-ring (bicyclic) bond motifs is 1. The molecule has 0 saturated carbocycles. The summed E-state index contributed by atoms with van der Waals surface area (Å²) in [4.78, 5) is 47.0. The topological polar surface area (TPSA) is 145 Å². The van der Waals surface area contributed by atoms with E-state index in [-0.39, 0.29) is 40.7 Å². The number of carboxylic acids is 2. The van der Waals surface area contributed by atoms with Crippen LogP contribution in [0.5, 0.6) is 5.75 Å². The van der Waals surface area contributed by atoms with E-state index in [2.05, 4.69) is 0 Å². The fraction of sp³-hybridized carbons (Fsp3) is 0.182. The predicted molar refractivity (Wildman–Crippen MR) is 104 cm³/mol. The van der Waals surface area contributed by atoms with E-state index in [1.165, 1.54) is 31.2 Å². The van der Waals surface area contributed by atoms with Gasteiger partial charge in [0.1, 0.15) is 11.4 Å². The number of Topliss-reactive ketones (excluding diaryl/α,β-unsaturated/α-hetero) is 1. The van der Waals surface area contributed by atoms with Gasteiger partial charge in [0.25, 0.3) is 0 Å². The Kier molecular flexibility index (Phi) is 5.68. The molecule has 0 aliphatic carbocycles. The number of hydrogen-bond donors (Lipinski definition) is 2. The van der Waals surface area contributed by atoms with E-state index in [1.54, 1.807) is 12.1 Å². The molecule has 1 heterocycles. The summed E-state index contributed by atoms with van der Waals surface area (Å²) in [6.07, 6.45) is -0.153. The van der Waals surface area contributed by atoms with Crippen LogP contribution in [0.1, 0.15) is 51.1 Å². The number of carboxylic acid groups (broad SMARTS) is 2. The molecule has 8 nitrogen and oxygen atoms in total. The lowest BCUT2D eigenvalue weighted by molar-refractivity contribution is -0.267. The standard InChI is InChI=1S/C22H18O8/c1-11(23)8-13(9-12-6-7-14(20(25)26)16(10-12)21(27)28)18-19(24)15-4-2-3-5-17(15)30-22(18)29/h2-7,10,13,24H,8-9H2,1H3,(H,25,26)(H,27,28)/p-1. The molecule has 3 aromatic rings. The maximum atomic E-state index is 12.9. The summed E-state index contributed by atoms with van der Waals surface area (Å²) in [5, 5.41) is 31.6. The summed E-state index contributed by atoms with van der Waals surface area (Å²) in [7, 11) is 0. The van der Waals surface area contributed by atoms with E-state index in [0.717, 1.165) is 6.07 Å². The molecule has 0 saturated heterocycles. The quantitative estimate of drug-likeness (QED) is 0.566. The third-order valence-electron chi connectivity index (χ3n) is 4.77. The summed E-state index contributed by atoms with van der Waals surface area (Å²) in [5.41, 5.74) is -1.35. The van der Waals surface area contributed by atoms with Gasteiger partial charge in [-0.2, -0.15) is 0 Å².